The number of aromatic nitrogens is 1. The molecular formula is C24H32N5S+. The number of nitrogens with two attached hydrogens (primary N) is 1. The fraction of sp³-hybridized carbons (Fsp3) is 0.333. The van der Waals surface area contributed by atoms with Crippen LogP contribution in [0.3, 0.4) is 0 Å². The van der Waals surface area contributed by atoms with Crippen LogP contribution < -0.4 is 16.4 Å². The van der Waals surface area contributed by atoms with E-state index in [1.807, 2.05) is 7.05 Å². The number of hydrogen-bond donors (Lipinski definition) is 3. The molecule has 3 aromatic rings. The molecule has 0 bridgehead atoms. The van der Waals surface area contributed by atoms with Crippen LogP contribution in [0.2, 0.25) is 0 Å². The largest absolute Gasteiger partial charge is 0.346 e. The number of thiol groups is 1. The van der Waals surface area contributed by atoms with E-state index in [1.54, 1.807) is 0 Å². The van der Waals surface area contributed by atoms with Crippen molar-refractivity contribution in [3.63, 3.8) is 0 Å². The standard InChI is InChI=1S/C24H31N5S/c1-16-10-12-17(13-11-16)30-29-15-19(18-8-6-7-9-20(18)29)21-14-22(27-24(2,3)4)26-23(25)28(21)5/h6-15,22-23,26-27H,25H2,1-5H3/p+1. The van der Waals surface area contributed by atoms with Gasteiger partial charge in [-0.15, -0.1) is 0 Å². The van der Waals surface area contributed by atoms with Crippen molar-refractivity contribution < 1.29 is 0 Å². The monoisotopic (exact) mass is 422 g/mol. The number of para-hydroxylation sites is 1. The number of fused-ring (bicyclic) bond motifs is 1. The van der Waals surface area contributed by atoms with Crippen LogP contribution in [0.1, 0.15) is 31.9 Å². The second-order valence-corrected chi connectivity index (χ2v) is 10.1. The Balaban J connectivity index is 1.77. The zero-order valence-electron chi connectivity index (χ0n) is 18.3. The van der Waals surface area contributed by atoms with Crippen molar-refractivity contribution >= 4 is 28.5 Å². The molecule has 0 radical (unpaired) electrons. The third-order valence-electron chi connectivity index (χ3n) is 5.29. The Kier molecular flexibility index (Phi) is 5.68. The molecule has 4 N–H and O–H groups in total. The van der Waals surface area contributed by atoms with Gasteiger partial charge in [0, 0.05) is 29.2 Å². The number of hydrogen-bond acceptors (Lipinski definition) is 4. The van der Waals surface area contributed by atoms with Gasteiger partial charge in [0.05, 0.1) is 17.9 Å². The highest BCUT2D eigenvalue weighted by molar-refractivity contribution is 7.77. The molecule has 1 aliphatic heterocycles. The average molecular weight is 423 g/mol. The quantitative estimate of drug-likeness (QED) is 0.445. The second kappa shape index (κ2) is 8.12. The number of aryl methyl sites for hydroxylation is 1. The van der Waals surface area contributed by atoms with Gasteiger partial charge in [0.15, 0.2) is 4.90 Å². The Morgan fingerprint density at radius 2 is 1.77 bits per heavy atom. The van der Waals surface area contributed by atoms with Gasteiger partial charge in [0.25, 0.3) is 0 Å². The van der Waals surface area contributed by atoms with E-state index in [2.05, 4.69) is 108 Å². The van der Waals surface area contributed by atoms with Gasteiger partial charge in [-0.3, -0.25) is 16.4 Å². The van der Waals surface area contributed by atoms with Gasteiger partial charge < -0.3 is 4.90 Å². The topological polar surface area (TPSA) is 58.3 Å². The SMILES string of the molecule is Cc1ccc([SH+]n2cc(C3=CC(NC(C)(C)C)NC(N)N3C)c3ccccc32)cc1. The molecule has 4 rings (SSSR count). The van der Waals surface area contributed by atoms with Crippen LogP contribution in [-0.2, 0) is 11.9 Å². The summed E-state index contributed by atoms with van der Waals surface area (Å²) in [5, 5.41) is 8.27. The second-order valence-electron chi connectivity index (χ2n) is 8.99. The summed E-state index contributed by atoms with van der Waals surface area (Å²) in [6.45, 7) is 8.61. The van der Waals surface area contributed by atoms with Gasteiger partial charge in [0.2, 0.25) is 0 Å². The van der Waals surface area contributed by atoms with Gasteiger partial charge >= 0.3 is 0 Å². The number of rotatable bonds is 4. The Bertz CT molecular complexity index is 1060. The maximum Gasteiger partial charge on any atom is 0.179 e. The van der Waals surface area contributed by atoms with Crippen molar-refractivity contribution in [1.82, 2.24) is 19.5 Å². The third kappa shape index (κ3) is 4.42. The molecule has 2 aromatic carbocycles. The van der Waals surface area contributed by atoms with E-state index < -0.39 is 0 Å². The lowest BCUT2D eigenvalue weighted by Crippen LogP contribution is -2.62. The molecule has 1 aromatic heterocycles. The highest BCUT2D eigenvalue weighted by Gasteiger charge is 2.28. The molecule has 6 heteroatoms. The molecule has 0 fully saturated rings. The van der Waals surface area contributed by atoms with Crippen molar-refractivity contribution in [2.75, 3.05) is 7.05 Å². The molecule has 2 heterocycles. The van der Waals surface area contributed by atoms with Crippen LogP contribution in [0.4, 0.5) is 0 Å². The summed E-state index contributed by atoms with van der Waals surface area (Å²) in [5.74, 6) is 0. The molecule has 0 aliphatic carbocycles. The summed E-state index contributed by atoms with van der Waals surface area (Å²) >= 11 is 1.14. The third-order valence-corrected chi connectivity index (χ3v) is 6.36. The molecule has 2 unspecified atom stereocenters. The molecule has 0 saturated carbocycles. The molecule has 2 atom stereocenters. The lowest BCUT2D eigenvalue weighted by molar-refractivity contribution is 0.227. The van der Waals surface area contributed by atoms with Gasteiger partial charge in [-0.1, -0.05) is 35.9 Å². The van der Waals surface area contributed by atoms with E-state index in [0.29, 0.717) is 0 Å². The van der Waals surface area contributed by atoms with Crippen LogP contribution in [0.5, 0.6) is 0 Å². The Labute approximate surface area is 183 Å². The smallest absolute Gasteiger partial charge is 0.179 e. The fourth-order valence-corrected chi connectivity index (χ4v) is 4.77. The normalized spacial score (nSPS) is 19.9. The van der Waals surface area contributed by atoms with Crippen molar-refractivity contribution in [3.8, 4) is 0 Å². The zero-order chi connectivity index (χ0) is 21.5. The molecule has 0 spiro atoms. The van der Waals surface area contributed by atoms with Crippen LogP contribution in [0.25, 0.3) is 16.6 Å². The van der Waals surface area contributed by atoms with Crippen molar-refractivity contribution in [1.29, 1.82) is 0 Å². The zero-order valence-corrected chi connectivity index (χ0v) is 19.2. The molecule has 158 valence electrons. The summed E-state index contributed by atoms with van der Waals surface area (Å²) in [4.78, 5) is 3.37. The van der Waals surface area contributed by atoms with Crippen molar-refractivity contribution in [2.24, 2.45) is 5.73 Å². The van der Waals surface area contributed by atoms with Crippen LogP contribution in [0, 0.1) is 6.92 Å². The van der Waals surface area contributed by atoms with Gasteiger partial charge in [0.1, 0.15) is 18.2 Å². The molecule has 5 nitrogen and oxygen atoms in total. The lowest BCUT2D eigenvalue weighted by atomic mass is 10.0. The number of benzene rings is 2. The maximum atomic E-state index is 6.43. The predicted octanol–water partition coefficient (Wildman–Crippen LogP) is 3.42. The molecular weight excluding hydrogens is 390 g/mol. The first-order valence-corrected chi connectivity index (χ1v) is 11.2. The van der Waals surface area contributed by atoms with Crippen LogP contribution >= 0.6 is 0 Å². The number of nitrogens with one attached hydrogen (secondary N) is 2. The Morgan fingerprint density at radius 3 is 2.47 bits per heavy atom. The minimum atomic E-state index is -0.262. The summed E-state index contributed by atoms with van der Waals surface area (Å²) < 4.78 is 2.31. The fourth-order valence-electron chi connectivity index (χ4n) is 3.78. The first-order valence-electron chi connectivity index (χ1n) is 10.3. The van der Waals surface area contributed by atoms with Crippen LogP contribution in [0.15, 0.2) is 65.7 Å². The Hall–Kier alpha value is -2.25. The number of nitrogens with zero attached hydrogens (tertiary/aromatic N) is 2. The van der Waals surface area contributed by atoms with Gasteiger partial charge in [-0.05, 0) is 52.0 Å². The van der Waals surface area contributed by atoms with Gasteiger partial charge in [-0.2, -0.15) is 3.97 Å². The molecule has 1 aliphatic rings. The highest BCUT2D eigenvalue weighted by atomic mass is 32.2. The van der Waals surface area contributed by atoms with E-state index in [4.69, 9.17) is 5.73 Å². The maximum absolute atomic E-state index is 6.43. The van der Waals surface area contributed by atoms with E-state index >= 15 is 0 Å². The first kappa shape index (κ1) is 21.0. The van der Waals surface area contributed by atoms with Crippen molar-refractivity contribution in [2.45, 2.75) is 50.6 Å². The first-order chi connectivity index (χ1) is 14.2. The minimum absolute atomic E-state index is 0.00274. The minimum Gasteiger partial charge on any atom is -0.346 e. The molecule has 30 heavy (non-hydrogen) atoms. The summed E-state index contributed by atoms with van der Waals surface area (Å²) in [7, 11) is 2.04. The lowest BCUT2D eigenvalue weighted by Gasteiger charge is -2.39. The Morgan fingerprint density at radius 1 is 1.07 bits per heavy atom. The van der Waals surface area contributed by atoms with Crippen molar-refractivity contribution in [3.05, 3.63) is 71.9 Å². The molecule has 0 amide bonds. The van der Waals surface area contributed by atoms with E-state index in [9.17, 15) is 0 Å². The van der Waals surface area contributed by atoms with Crippen LogP contribution in [-0.4, -0.2) is 33.9 Å². The highest BCUT2D eigenvalue weighted by Crippen LogP contribution is 2.31. The summed E-state index contributed by atoms with van der Waals surface area (Å²) in [5.41, 5.74) is 11.2. The average Bonchev–Trinajstić information content (AvgIpc) is 3.04. The van der Waals surface area contributed by atoms with E-state index in [1.165, 1.54) is 26.9 Å². The predicted molar refractivity (Wildman–Crippen MR) is 129 cm³/mol. The van der Waals surface area contributed by atoms with Gasteiger partial charge in [-0.25, -0.2) is 0 Å². The molecule has 0 saturated heterocycles. The van der Waals surface area contributed by atoms with E-state index in [-0.39, 0.29) is 18.0 Å². The summed E-state index contributed by atoms with van der Waals surface area (Å²) in [6.07, 6.45) is 4.23. The summed E-state index contributed by atoms with van der Waals surface area (Å²) in [6, 6.07) is 17.3. The van der Waals surface area contributed by atoms with E-state index in [0.717, 1.165) is 17.6 Å².